The van der Waals surface area contributed by atoms with Crippen LogP contribution in [-0.4, -0.2) is 35.0 Å². The van der Waals surface area contributed by atoms with Gasteiger partial charge in [-0.3, -0.25) is 9.59 Å². The van der Waals surface area contributed by atoms with Crippen LogP contribution in [0.1, 0.15) is 29.3 Å². The molecule has 0 aromatic heterocycles. The second-order valence-electron chi connectivity index (χ2n) is 4.11. The normalized spacial score (nSPS) is 11.2. The summed E-state index contributed by atoms with van der Waals surface area (Å²) in [5, 5.41) is 8.57. The lowest BCUT2D eigenvalue weighted by Crippen LogP contribution is -2.33. The first kappa shape index (κ1) is 16.0. The van der Waals surface area contributed by atoms with Gasteiger partial charge >= 0.3 is 12.1 Å². The first-order valence-electron chi connectivity index (χ1n) is 5.94. The Labute approximate surface area is 113 Å². The lowest BCUT2D eigenvalue weighted by molar-refractivity contribution is -0.138. The molecule has 1 aromatic rings. The molecule has 1 N–H and O–H groups in total. The number of carbonyl (C=O) groups is 2. The maximum atomic E-state index is 12.6. The molecule has 0 radical (unpaired) electrons. The number of carboxylic acids is 1. The second-order valence-corrected chi connectivity index (χ2v) is 4.11. The highest BCUT2D eigenvalue weighted by Gasteiger charge is 2.31. The molecule has 20 heavy (non-hydrogen) atoms. The first-order chi connectivity index (χ1) is 9.25. The van der Waals surface area contributed by atoms with Crippen molar-refractivity contribution >= 4 is 11.9 Å². The summed E-state index contributed by atoms with van der Waals surface area (Å²) < 4.78 is 37.7. The van der Waals surface area contributed by atoms with Crippen LogP contribution in [0.25, 0.3) is 0 Å². The minimum Gasteiger partial charge on any atom is -0.481 e. The van der Waals surface area contributed by atoms with Crippen molar-refractivity contribution in [3.8, 4) is 0 Å². The molecule has 110 valence electrons. The van der Waals surface area contributed by atoms with E-state index in [4.69, 9.17) is 5.11 Å². The standard InChI is InChI=1S/C13H14F3NO3/c1-2-17(7-6-11(18)19)12(20)9-4-3-5-10(8-9)13(14,15)16/h3-5,8H,2,6-7H2,1H3,(H,18,19). The Bertz CT molecular complexity index is 500. The van der Waals surface area contributed by atoms with E-state index in [-0.39, 0.29) is 25.1 Å². The van der Waals surface area contributed by atoms with Crippen molar-refractivity contribution < 1.29 is 27.9 Å². The average Bonchev–Trinajstić information content (AvgIpc) is 2.38. The van der Waals surface area contributed by atoms with Crippen LogP contribution in [0.15, 0.2) is 24.3 Å². The molecule has 0 spiro atoms. The van der Waals surface area contributed by atoms with Crippen molar-refractivity contribution in [2.45, 2.75) is 19.5 Å². The molecule has 0 heterocycles. The Morgan fingerprint density at radius 3 is 2.45 bits per heavy atom. The van der Waals surface area contributed by atoms with Gasteiger partial charge in [-0.1, -0.05) is 6.07 Å². The number of carboxylic acid groups (broad SMARTS) is 1. The molecule has 4 nitrogen and oxygen atoms in total. The summed E-state index contributed by atoms with van der Waals surface area (Å²) in [5.74, 6) is -1.68. The Morgan fingerprint density at radius 2 is 1.95 bits per heavy atom. The SMILES string of the molecule is CCN(CCC(=O)O)C(=O)c1cccc(C(F)(F)F)c1. The summed E-state index contributed by atoms with van der Waals surface area (Å²) in [5.41, 5.74) is -1.01. The predicted molar refractivity (Wildman–Crippen MR) is 65.3 cm³/mol. The molecular weight excluding hydrogens is 275 g/mol. The van der Waals surface area contributed by atoms with E-state index in [1.807, 2.05) is 0 Å². The number of aliphatic carboxylic acids is 1. The van der Waals surface area contributed by atoms with Gasteiger partial charge in [0.2, 0.25) is 0 Å². The van der Waals surface area contributed by atoms with Crippen molar-refractivity contribution in [1.82, 2.24) is 4.90 Å². The first-order valence-corrected chi connectivity index (χ1v) is 5.94. The molecule has 0 atom stereocenters. The molecule has 0 saturated heterocycles. The Morgan fingerprint density at radius 1 is 1.30 bits per heavy atom. The fourth-order valence-corrected chi connectivity index (χ4v) is 1.64. The summed E-state index contributed by atoms with van der Waals surface area (Å²) in [6, 6.07) is 4.08. The van der Waals surface area contributed by atoms with Gasteiger partial charge in [0.15, 0.2) is 0 Å². The van der Waals surface area contributed by atoms with Crippen molar-refractivity contribution in [1.29, 1.82) is 0 Å². The highest BCUT2D eigenvalue weighted by molar-refractivity contribution is 5.94. The lowest BCUT2D eigenvalue weighted by Gasteiger charge is -2.20. The third kappa shape index (κ3) is 4.25. The Kier molecular flexibility index (Phi) is 5.12. The van der Waals surface area contributed by atoms with Gasteiger partial charge in [0.25, 0.3) is 5.91 Å². The molecule has 0 bridgehead atoms. The van der Waals surface area contributed by atoms with Crippen LogP contribution >= 0.6 is 0 Å². The fourth-order valence-electron chi connectivity index (χ4n) is 1.64. The molecule has 1 rings (SSSR count). The summed E-state index contributed by atoms with van der Waals surface area (Å²) in [6.45, 7) is 1.82. The molecule has 1 amide bonds. The Balaban J connectivity index is 2.92. The van der Waals surface area contributed by atoms with E-state index < -0.39 is 23.6 Å². The molecule has 0 saturated carbocycles. The van der Waals surface area contributed by atoms with Gasteiger partial charge in [0.1, 0.15) is 0 Å². The van der Waals surface area contributed by atoms with Gasteiger partial charge < -0.3 is 10.0 Å². The lowest BCUT2D eigenvalue weighted by atomic mass is 10.1. The van der Waals surface area contributed by atoms with E-state index in [1.165, 1.54) is 11.0 Å². The van der Waals surface area contributed by atoms with Gasteiger partial charge in [-0.2, -0.15) is 13.2 Å². The van der Waals surface area contributed by atoms with E-state index in [9.17, 15) is 22.8 Å². The number of hydrogen-bond donors (Lipinski definition) is 1. The van der Waals surface area contributed by atoms with Crippen molar-refractivity contribution in [3.05, 3.63) is 35.4 Å². The number of amides is 1. The largest absolute Gasteiger partial charge is 0.481 e. The van der Waals surface area contributed by atoms with Crippen molar-refractivity contribution in [2.75, 3.05) is 13.1 Å². The molecule has 0 aliphatic carbocycles. The summed E-state index contributed by atoms with van der Waals surface area (Å²) in [7, 11) is 0. The number of benzene rings is 1. The van der Waals surface area contributed by atoms with Gasteiger partial charge in [-0.05, 0) is 25.1 Å². The van der Waals surface area contributed by atoms with Gasteiger partial charge in [0.05, 0.1) is 12.0 Å². The number of nitrogens with zero attached hydrogens (tertiary/aromatic N) is 1. The number of alkyl halides is 3. The van der Waals surface area contributed by atoms with E-state index in [0.29, 0.717) is 0 Å². The third-order valence-corrected chi connectivity index (χ3v) is 2.70. The van der Waals surface area contributed by atoms with Crippen LogP contribution < -0.4 is 0 Å². The molecule has 0 aliphatic rings. The number of hydrogen-bond acceptors (Lipinski definition) is 2. The highest BCUT2D eigenvalue weighted by atomic mass is 19.4. The number of carbonyl (C=O) groups excluding carboxylic acids is 1. The van der Waals surface area contributed by atoms with Crippen LogP contribution in [0.4, 0.5) is 13.2 Å². The van der Waals surface area contributed by atoms with E-state index in [1.54, 1.807) is 6.92 Å². The van der Waals surface area contributed by atoms with Crippen LogP contribution in [-0.2, 0) is 11.0 Å². The highest BCUT2D eigenvalue weighted by Crippen LogP contribution is 2.29. The molecule has 7 heteroatoms. The van der Waals surface area contributed by atoms with E-state index in [2.05, 4.69) is 0 Å². The van der Waals surface area contributed by atoms with E-state index in [0.717, 1.165) is 18.2 Å². The van der Waals surface area contributed by atoms with Crippen molar-refractivity contribution in [2.24, 2.45) is 0 Å². The van der Waals surface area contributed by atoms with Crippen LogP contribution in [0.5, 0.6) is 0 Å². The average molecular weight is 289 g/mol. The molecule has 1 aromatic carbocycles. The van der Waals surface area contributed by atoms with Gasteiger partial charge in [-0.25, -0.2) is 0 Å². The number of rotatable bonds is 5. The predicted octanol–water partition coefficient (Wildman–Crippen LogP) is 2.64. The van der Waals surface area contributed by atoms with Crippen LogP contribution in [0.3, 0.4) is 0 Å². The fraction of sp³-hybridized carbons (Fsp3) is 0.385. The van der Waals surface area contributed by atoms with Crippen LogP contribution in [0, 0.1) is 0 Å². The molecule has 0 aliphatic heterocycles. The maximum absolute atomic E-state index is 12.6. The van der Waals surface area contributed by atoms with Gasteiger partial charge in [0, 0.05) is 18.7 Å². The zero-order chi connectivity index (χ0) is 15.3. The monoisotopic (exact) mass is 289 g/mol. The maximum Gasteiger partial charge on any atom is 0.416 e. The molecule has 0 fully saturated rings. The zero-order valence-electron chi connectivity index (χ0n) is 10.8. The molecule has 0 unspecified atom stereocenters. The quantitative estimate of drug-likeness (QED) is 0.906. The minimum absolute atomic E-state index is 0.0408. The summed E-state index contributed by atoms with van der Waals surface area (Å²) >= 11 is 0. The van der Waals surface area contributed by atoms with Gasteiger partial charge in [-0.15, -0.1) is 0 Å². The van der Waals surface area contributed by atoms with E-state index >= 15 is 0 Å². The summed E-state index contributed by atoms with van der Waals surface area (Å²) in [6.07, 6.45) is -4.77. The summed E-state index contributed by atoms with van der Waals surface area (Å²) in [4.78, 5) is 23.7. The van der Waals surface area contributed by atoms with Crippen molar-refractivity contribution in [3.63, 3.8) is 0 Å². The second kappa shape index (κ2) is 6.40. The number of halogens is 3. The smallest absolute Gasteiger partial charge is 0.416 e. The molecular formula is C13H14F3NO3. The zero-order valence-corrected chi connectivity index (χ0v) is 10.8. The topological polar surface area (TPSA) is 57.6 Å². The minimum atomic E-state index is -4.52. The van der Waals surface area contributed by atoms with Crippen LogP contribution in [0.2, 0.25) is 0 Å². The Hall–Kier alpha value is -2.05. The third-order valence-electron chi connectivity index (χ3n) is 2.70.